The van der Waals surface area contributed by atoms with E-state index in [0.29, 0.717) is 5.15 Å². The van der Waals surface area contributed by atoms with Crippen LogP contribution < -0.4 is 10.2 Å². The highest BCUT2D eigenvalue weighted by Gasteiger charge is 2.13. The average molecular weight is 302 g/mol. The minimum atomic E-state index is 0.526. The number of benzene rings is 1. The van der Waals surface area contributed by atoms with Crippen LogP contribution in [0.25, 0.3) is 0 Å². The Bertz CT molecular complexity index is 654. The lowest BCUT2D eigenvalue weighted by atomic mass is 9.99. The lowest BCUT2D eigenvalue weighted by Gasteiger charge is -2.27. The van der Waals surface area contributed by atoms with Crippen LogP contribution in [0.3, 0.4) is 0 Å². The Morgan fingerprint density at radius 3 is 3.05 bits per heavy atom. The van der Waals surface area contributed by atoms with Crippen LogP contribution in [-0.4, -0.2) is 18.6 Å². The van der Waals surface area contributed by atoms with Gasteiger partial charge in [-0.25, -0.2) is 4.98 Å². The molecule has 4 heteroatoms. The largest absolute Gasteiger partial charge is 0.378 e. The molecule has 3 rings (SSSR count). The number of hydrogen-bond donors (Lipinski definition) is 1. The van der Waals surface area contributed by atoms with Gasteiger partial charge in [0.1, 0.15) is 0 Å². The van der Waals surface area contributed by atoms with E-state index in [1.165, 1.54) is 29.7 Å². The van der Waals surface area contributed by atoms with Gasteiger partial charge in [0.05, 0.1) is 5.69 Å². The third-order valence-corrected chi connectivity index (χ3v) is 4.25. The first-order valence-corrected chi connectivity index (χ1v) is 7.70. The summed E-state index contributed by atoms with van der Waals surface area (Å²) in [6.07, 6.45) is 4.18. The molecule has 0 atom stereocenters. The summed E-state index contributed by atoms with van der Waals surface area (Å²) in [5.41, 5.74) is 6.08. The number of nitrogens with zero attached hydrogens (tertiary/aromatic N) is 2. The number of anilines is 2. The zero-order chi connectivity index (χ0) is 14.8. The monoisotopic (exact) mass is 301 g/mol. The van der Waals surface area contributed by atoms with Gasteiger partial charge >= 0.3 is 0 Å². The third kappa shape index (κ3) is 3.13. The third-order valence-electron chi connectivity index (χ3n) is 3.95. The van der Waals surface area contributed by atoms with Crippen molar-refractivity contribution in [3.63, 3.8) is 0 Å². The Kier molecular flexibility index (Phi) is 4.02. The molecule has 0 saturated carbocycles. The molecule has 0 bridgehead atoms. The second-order valence-electron chi connectivity index (χ2n) is 5.69. The standard InChI is InChI=1S/C17H20ClN3/c1-12-8-15(17(18)20-10-12)19-11-13-5-6-16-14(9-13)4-3-7-21(16)2/h5-6,8-10,19H,3-4,7,11H2,1-2H3. The number of nitrogens with one attached hydrogen (secondary N) is 1. The van der Waals surface area contributed by atoms with Gasteiger partial charge in [-0.2, -0.15) is 0 Å². The molecule has 0 radical (unpaired) electrons. The molecular weight excluding hydrogens is 282 g/mol. The van der Waals surface area contributed by atoms with Crippen molar-refractivity contribution in [2.75, 3.05) is 23.8 Å². The Balaban J connectivity index is 1.75. The van der Waals surface area contributed by atoms with E-state index in [4.69, 9.17) is 11.6 Å². The molecule has 1 aliphatic rings. The summed E-state index contributed by atoms with van der Waals surface area (Å²) in [7, 11) is 2.16. The van der Waals surface area contributed by atoms with Crippen LogP contribution >= 0.6 is 11.6 Å². The predicted molar refractivity (Wildman–Crippen MR) is 89.3 cm³/mol. The van der Waals surface area contributed by atoms with Gasteiger partial charge in [0.15, 0.2) is 5.15 Å². The van der Waals surface area contributed by atoms with E-state index >= 15 is 0 Å². The second-order valence-corrected chi connectivity index (χ2v) is 6.05. The van der Waals surface area contributed by atoms with Crippen LogP contribution in [0.2, 0.25) is 5.15 Å². The maximum absolute atomic E-state index is 6.12. The van der Waals surface area contributed by atoms with E-state index in [0.717, 1.165) is 24.3 Å². The molecule has 21 heavy (non-hydrogen) atoms. The number of aryl methyl sites for hydroxylation is 2. The molecule has 110 valence electrons. The second kappa shape index (κ2) is 5.94. The first-order chi connectivity index (χ1) is 10.1. The van der Waals surface area contributed by atoms with Gasteiger partial charge in [-0.15, -0.1) is 0 Å². The summed E-state index contributed by atoms with van der Waals surface area (Å²) in [6.45, 7) is 3.93. The minimum Gasteiger partial charge on any atom is -0.378 e. The zero-order valence-electron chi connectivity index (χ0n) is 12.5. The molecule has 2 aromatic rings. The summed E-state index contributed by atoms with van der Waals surface area (Å²) < 4.78 is 0. The number of fused-ring (bicyclic) bond motifs is 1. The zero-order valence-corrected chi connectivity index (χ0v) is 13.2. The molecule has 1 aliphatic heterocycles. The fourth-order valence-corrected chi connectivity index (χ4v) is 2.99. The number of rotatable bonds is 3. The van der Waals surface area contributed by atoms with Crippen molar-refractivity contribution in [3.05, 3.63) is 52.3 Å². The van der Waals surface area contributed by atoms with Crippen LogP contribution in [0.5, 0.6) is 0 Å². The highest BCUT2D eigenvalue weighted by molar-refractivity contribution is 6.31. The van der Waals surface area contributed by atoms with Crippen molar-refractivity contribution in [2.24, 2.45) is 0 Å². The van der Waals surface area contributed by atoms with E-state index in [1.807, 2.05) is 13.0 Å². The number of aromatic nitrogens is 1. The fraction of sp³-hybridized carbons (Fsp3) is 0.353. The van der Waals surface area contributed by atoms with E-state index in [2.05, 4.69) is 40.4 Å². The molecule has 3 nitrogen and oxygen atoms in total. The van der Waals surface area contributed by atoms with Crippen LogP contribution in [0, 0.1) is 6.92 Å². The highest BCUT2D eigenvalue weighted by atomic mass is 35.5. The van der Waals surface area contributed by atoms with Crippen LogP contribution in [0.1, 0.15) is 23.1 Å². The van der Waals surface area contributed by atoms with Crippen molar-refractivity contribution < 1.29 is 0 Å². The number of halogens is 1. The van der Waals surface area contributed by atoms with Gasteiger partial charge in [-0.3, -0.25) is 0 Å². The molecule has 1 aromatic carbocycles. The average Bonchev–Trinajstić information content (AvgIpc) is 2.48. The first kappa shape index (κ1) is 14.2. The SMILES string of the molecule is Cc1cnc(Cl)c(NCc2ccc3c(c2)CCCN3C)c1. The summed E-state index contributed by atoms with van der Waals surface area (Å²) in [5.74, 6) is 0. The van der Waals surface area contributed by atoms with Gasteiger partial charge in [-0.05, 0) is 48.6 Å². The lowest BCUT2D eigenvalue weighted by Crippen LogP contribution is -2.24. The molecule has 1 aromatic heterocycles. The van der Waals surface area contributed by atoms with E-state index < -0.39 is 0 Å². The summed E-state index contributed by atoms with van der Waals surface area (Å²) in [6, 6.07) is 8.74. The first-order valence-electron chi connectivity index (χ1n) is 7.32. The van der Waals surface area contributed by atoms with Crippen molar-refractivity contribution in [1.29, 1.82) is 0 Å². The molecule has 0 unspecified atom stereocenters. The number of pyridine rings is 1. The van der Waals surface area contributed by atoms with E-state index in [-0.39, 0.29) is 0 Å². The topological polar surface area (TPSA) is 28.2 Å². The Labute approximate surface area is 131 Å². The molecule has 0 fully saturated rings. The predicted octanol–water partition coefficient (Wildman–Crippen LogP) is 4.04. The van der Waals surface area contributed by atoms with Crippen LogP contribution in [0.4, 0.5) is 11.4 Å². The van der Waals surface area contributed by atoms with Crippen LogP contribution in [-0.2, 0) is 13.0 Å². The summed E-state index contributed by atoms with van der Waals surface area (Å²) in [4.78, 5) is 6.50. The van der Waals surface area contributed by atoms with Crippen molar-refractivity contribution in [3.8, 4) is 0 Å². The van der Waals surface area contributed by atoms with Gasteiger partial charge in [-0.1, -0.05) is 23.7 Å². The molecule has 2 heterocycles. The van der Waals surface area contributed by atoms with Crippen LogP contribution in [0.15, 0.2) is 30.5 Å². The molecular formula is C17H20ClN3. The quantitative estimate of drug-likeness (QED) is 0.867. The molecule has 0 spiro atoms. The van der Waals surface area contributed by atoms with Gasteiger partial charge in [0.25, 0.3) is 0 Å². The van der Waals surface area contributed by atoms with E-state index in [1.54, 1.807) is 6.20 Å². The summed E-state index contributed by atoms with van der Waals surface area (Å²) >= 11 is 6.12. The highest BCUT2D eigenvalue weighted by Crippen LogP contribution is 2.27. The molecule has 0 saturated heterocycles. The van der Waals surface area contributed by atoms with Crippen molar-refractivity contribution in [2.45, 2.75) is 26.3 Å². The summed E-state index contributed by atoms with van der Waals surface area (Å²) in [5, 5.41) is 3.91. The van der Waals surface area contributed by atoms with Crippen molar-refractivity contribution >= 4 is 23.0 Å². The molecule has 1 N–H and O–H groups in total. The van der Waals surface area contributed by atoms with Gasteiger partial charge in [0.2, 0.25) is 0 Å². The minimum absolute atomic E-state index is 0.526. The maximum atomic E-state index is 6.12. The lowest BCUT2D eigenvalue weighted by molar-refractivity contribution is 0.743. The Hall–Kier alpha value is -1.74. The molecule has 0 amide bonds. The van der Waals surface area contributed by atoms with E-state index in [9.17, 15) is 0 Å². The van der Waals surface area contributed by atoms with Gasteiger partial charge in [0, 0.05) is 32.0 Å². The normalized spacial score (nSPS) is 14.0. The smallest absolute Gasteiger partial charge is 0.152 e. The van der Waals surface area contributed by atoms with Crippen molar-refractivity contribution in [1.82, 2.24) is 4.98 Å². The fourth-order valence-electron chi connectivity index (χ4n) is 2.82. The Morgan fingerprint density at radius 1 is 1.33 bits per heavy atom. The molecule has 0 aliphatic carbocycles. The Morgan fingerprint density at radius 2 is 2.19 bits per heavy atom. The number of hydrogen-bond acceptors (Lipinski definition) is 3. The van der Waals surface area contributed by atoms with Gasteiger partial charge < -0.3 is 10.2 Å². The maximum Gasteiger partial charge on any atom is 0.152 e.